The van der Waals surface area contributed by atoms with Gasteiger partial charge in [-0.15, -0.1) is 0 Å². The highest BCUT2D eigenvalue weighted by Crippen LogP contribution is 2.10. The lowest BCUT2D eigenvalue weighted by Crippen LogP contribution is -2.22. The summed E-state index contributed by atoms with van der Waals surface area (Å²) in [6.07, 6.45) is 12.9. The average molecular weight is 397 g/mol. The number of rotatable bonds is 16. The van der Waals surface area contributed by atoms with E-state index in [1.54, 1.807) is 0 Å². The molecule has 0 aliphatic rings. The van der Waals surface area contributed by atoms with E-state index in [2.05, 4.69) is 13.5 Å². The van der Waals surface area contributed by atoms with Crippen LogP contribution in [0.5, 0.6) is 0 Å². The van der Waals surface area contributed by atoms with Crippen LogP contribution in [-0.4, -0.2) is 24.2 Å². The zero-order valence-corrected chi connectivity index (χ0v) is 17.7. The minimum Gasteiger partial charge on any atom is -0.435 e. The zero-order chi connectivity index (χ0) is 21.2. The van der Waals surface area contributed by atoms with Gasteiger partial charge >= 0.3 is 17.9 Å². The van der Waals surface area contributed by atoms with Crippen molar-refractivity contribution in [3.8, 4) is 0 Å². The first-order valence-corrected chi connectivity index (χ1v) is 10.3. The molecule has 0 saturated carbocycles. The minimum atomic E-state index is -1.03. The van der Waals surface area contributed by atoms with E-state index in [-0.39, 0.29) is 18.4 Å². The highest BCUT2D eigenvalue weighted by Gasteiger charge is 2.15. The molecule has 0 spiro atoms. The molecule has 0 aromatic heterocycles. The van der Waals surface area contributed by atoms with Crippen LogP contribution in [0.3, 0.4) is 0 Å². The minimum absolute atomic E-state index is 0.0952. The summed E-state index contributed by atoms with van der Waals surface area (Å²) in [5.74, 6) is -1.78. The summed E-state index contributed by atoms with van der Waals surface area (Å²) in [4.78, 5) is 34.5. The van der Waals surface area contributed by atoms with Gasteiger partial charge in [-0.2, -0.15) is 0 Å². The van der Waals surface area contributed by atoms with E-state index in [0.717, 1.165) is 12.8 Å². The molecule has 6 heteroatoms. The molecule has 0 aromatic rings. The Balaban J connectivity index is 3.67. The zero-order valence-electron chi connectivity index (χ0n) is 17.7. The molecule has 0 aliphatic heterocycles. The van der Waals surface area contributed by atoms with Crippen LogP contribution in [0.15, 0.2) is 24.5 Å². The fourth-order valence-electron chi connectivity index (χ4n) is 2.37. The van der Waals surface area contributed by atoms with E-state index in [9.17, 15) is 14.4 Å². The first kappa shape index (κ1) is 25.9. The molecule has 6 nitrogen and oxygen atoms in total. The molecule has 0 radical (unpaired) electrons. The van der Waals surface area contributed by atoms with Crippen LogP contribution in [0, 0.1) is 0 Å². The number of hydrogen-bond donors (Lipinski definition) is 0. The van der Waals surface area contributed by atoms with Crippen LogP contribution in [0.25, 0.3) is 0 Å². The molecule has 0 saturated heterocycles. The lowest BCUT2D eigenvalue weighted by Gasteiger charge is -2.13. The molecular formula is C22H36O6. The monoisotopic (exact) mass is 396 g/mol. The second-order valence-corrected chi connectivity index (χ2v) is 6.87. The quantitative estimate of drug-likeness (QED) is 0.115. The Labute approximate surface area is 169 Å². The Morgan fingerprint density at radius 1 is 0.893 bits per heavy atom. The van der Waals surface area contributed by atoms with Gasteiger partial charge in [0, 0.05) is 12.5 Å². The number of allylic oxidation sites excluding steroid dienone is 1. The molecule has 0 bridgehead atoms. The van der Waals surface area contributed by atoms with Crippen LogP contribution < -0.4 is 0 Å². The van der Waals surface area contributed by atoms with Gasteiger partial charge in [0.05, 0.1) is 19.1 Å². The van der Waals surface area contributed by atoms with E-state index in [4.69, 9.17) is 14.2 Å². The molecule has 0 aliphatic carbocycles. The molecule has 0 rings (SSSR count). The topological polar surface area (TPSA) is 78.9 Å². The molecule has 0 amide bonds. The van der Waals surface area contributed by atoms with Crippen molar-refractivity contribution in [2.75, 3.05) is 0 Å². The van der Waals surface area contributed by atoms with Gasteiger partial charge < -0.3 is 14.2 Å². The largest absolute Gasteiger partial charge is 0.435 e. The number of esters is 3. The smallest absolute Gasteiger partial charge is 0.336 e. The maximum Gasteiger partial charge on any atom is 0.336 e. The van der Waals surface area contributed by atoms with Crippen LogP contribution in [0.4, 0.5) is 0 Å². The summed E-state index contributed by atoms with van der Waals surface area (Å²) in [5, 5.41) is 0. The van der Waals surface area contributed by atoms with E-state index >= 15 is 0 Å². The second kappa shape index (κ2) is 17.0. The molecule has 0 N–H and O–H groups in total. The third-order valence-corrected chi connectivity index (χ3v) is 3.97. The summed E-state index contributed by atoms with van der Waals surface area (Å²) in [7, 11) is 0. The highest BCUT2D eigenvalue weighted by atomic mass is 16.7. The van der Waals surface area contributed by atoms with Crippen molar-refractivity contribution in [2.24, 2.45) is 0 Å². The molecule has 28 heavy (non-hydrogen) atoms. The standard InChI is InChI=1S/C22H36O6/c1-5-6-7-8-9-10-11-12-13-14-17-26-20(23)15-16-21(24)27-19(4)28-22(25)18(2)3/h14,17,19H,2,5-13,15-16H2,1,3-4H3. The molecule has 160 valence electrons. The summed E-state index contributed by atoms with van der Waals surface area (Å²) in [6, 6.07) is 0. The lowest BCUT2D eigenvalue weighted by atomic mass is 10.1. The maximum atomic E-state index is 11.6. The van der Waals surface area contributed by atoms with Gasteiger partial charge in [0.15, 0.2) is 0 Å². The van der Waals surface area contributed by atoms with Gasteiger partial charge in [-0.3, -0.25) is 9.59 Å². The van der Waals surface area contributed by atoms with Gasteiger partial charge in [-0.05, 0) is 25.8 Å². The normalized spacial score (nSPS) is 11.8. The Hall–Kier alpha value is -2.11. The van der Waals surface area contributed by atoms with Crippen LogP contribution in [0.2, 0.25) is 0 Å². The van der Waals surface area contributed by atoms with Crippen molar-refractivity contribution < 1.29 is 28.6 Å². The second-order valence-electron chi connectivity index (χ2n) is 6.87. The first-order valence-electron chi connectivity index (χ1n) is 10.3. The molecule has 0 fully saturated rings. The summed E-state index contributed by atoms with van der Waals surface area (Å²) in [5.41, 5.74) is 0.213. The SMILES string of the molecule is C=C(C)C(=O)OC(C)OC(=O)CCC(=O)OC=CCCCCCCCCCC. The van der Waals surface area contributed by atoms with Crippen LogP contribution in [0.1, 0.15) is 91.4 Å². The predicted octanol–water partition coefficient (Wildman–Crippen LogP) is 5.36. The van der Waals surface area contributed by atoms with Crippen LogP contribution >= 0.6 is 0 Å². The lowest BCUT2D eigenvalue weighted by molar-refractivity contribution is -0.182. The molecule has 0 heterocycles. The first-order chi connectivity index (χ1) is 13.4. The van der Waals surface area contributed by atoms with Crippen LogP contribution in [-0.2, 0) is 28.6 Å². The van der Waals surface area contributed by atoms with Crippen molar-refractivity contribution >= 4 is 17.9 Å². The van der Waals surface area contributed by atoms with E-state index < -0.39 is 24.2 Å². The number of carbonyl (C=O) groups excluding carboxylic acids is 3. The fourth-order valence-corrected chi connectivity index (χ4v) is 2.37. The average Bonchev–Trinajstić information content (AvgIpc) is 2.64. The van der Waals surface area contributed by atoms with Crippen molar-refractivity contribution in [3.63, 3.8) is 0 Å². The van der Waals surface area contributed by atoms with Gasteiger partial charge in [-0.25, -0.2) is 4.79 Å². The van der Waals surface area contributed by atoms with E-state index in [0.29, 0.717) is 0 Å². The van der Waals surface area contributed by atoms with Crippen molar-refractivity contribution in [3.05, 3.63) is 24.5 Å². The molecule has 0 aromatic carbocycles. The Morgan fingerprint density at radius 3 is 2.07 bits per heavy atom. The summed E-state index contributed by atoms with van der Waals surface area (Å²) in [6.45, 7) is 8.57. The number of unbranched alkanes of at least 4 members (excludes halogenated alkanes) is 8. The Morgan fingerprint density at radius 2 is 1.46 bits per heavy atom. The van der Waals surface area contributed by atoms with E-state index in [1.165, 1.54) is 65.1 Å². The Kier molecular flexibility index (Phi) is 15.7. The van der Waals surface area contributed by atoms with Gasteiger partial charge in [0.1, 0.15) is 0 Å². The van der Waals surface area contributed by atoms with E-state index in [1.807, 2.05) is 6.08 Å². The Bertz CT molecular complexity index is 509. The highest BCUT2D eigenvalue weighted by molar-refractivity contribution is 5.87. The summed E-state index contributed by atoms with van der Waals surface area (Å²) >= 11 is 0. The third-order valence-electron chi connectivity index (χ3n) is 3.97. The van der Waals surface area contributed by atoms with Crippen molar-refractivity contribution in [1.29, 1.82) is 0 Å². The van der Waals surface area contributed by atoms with Crippen molar-refractivity contribution in [1.82, 2.24) is 0 Å². The summed E-state index contributed by atoms with van der Waals surface area (Å²) < 4.78 is 14.6. The molecule has 1 atom stereocenters. The third kappa shape index (κ3) is 16.1. The number of carbonyl (C=O) groups is 3. The number of ether oxygens (including phenoxy) is 3. The predicted molar refractivity (Wildman–Crippen MR) is 108 cm³/mol. The molecular weight excluding hydrogens is 360 g/mol. The molecule has 1 unspecified atom stereocenters. The van der Waals surface area contributed by atoms with Gasteiger partial charge in [0.25, 0.3) is 0 Å². The van der Waals surface area contributed by atoms with Crippen molar-refractivity contribution in [2.45, 2.75) is 97.7 Å². The fraction of sp³-hybridized carbons (Fsp3) is 0.682. The van der Waals surface area contributed by atoms with Gasteiger partial charge in [-0.1, -0.05) is 58.4 Å². The van der Waals surface area contributed by atoms with Gasteiger partial charge in [0.2, 0.25) is 6.29 Å². The maximum absolute atomic E-state index is 11.6. The number of hydrogen-bond acceptors (Lipinski definition) is 6.